The molecule has 1 saturated heterocycles. The molecule has 5 aliphatic rings. The van der Waals surface area contributed by atoms with Crippen molar-refractivity contribution in [2.75, 3.05) is 6.61 Å². The summed E-state index contributed by atoms with van der Waals surface area (Å²) in [6, 6.07) is 30.6. The van der Waals surface area contributed by atoms with Gasteiger partial charge in [0.25, 0.3) is 0 Å². The van der Waals surface area contributed by atoms with Gasteiger partial charge in [-0.15, -0.1) is 0 Å². The van der Waals surface area contributed by atoms with Gasteiger partial charge in [-0.2, -0.15) is 0 Å². The lowest BCUT2D eigenvalue weighted by Crippen LogP contribution is -2.60. The van der Waals surface area contributed by atoms with Crippen molar-refractivity contribution in [3.05, 3.63) is 108 Å². The zero-order valence-electron chi connectivity index (χ0n) is 25.8. The molecule has 1 heterocycles. The number of ether oxygens (including phenoxy) is 4. The third-order valence-corrected chi connectivity index (χ3v) is 10.8. The molecule has 5 fully saturated rings. The van der Waals surface area contributed by atoms with Crippen molar-refractivity contribution < 1.29 is 24.1 Å². The van der Waals surface area contributed by atoms with E-state index in [1.165, 1.54) is 38.5 Å². The monoisotopic (exact) mass is 596 g/mol. The van der Waals surface area contributed by atoms with Crippen LogP contribution in [0.1, 0.15) is 68.1 Å². The highest BCUT2D eigenvalue weighted by Crippen LogP contribution is 2.61. The predicted molar refractivity (Wildman–Crippen MR) is 171 cm³/mol. The van der Waals surface area contributed by atoms with Crippen LogP contribution in [0.15, 0.2) is 91.0 Å². The van der Waals surface area contributed by atoms with Crippen molar-refractivity contribution in [2.24, 2.45) is 23.2 Å². The van der Waals surface area contributed by atoms with Crippen molar-refractivity contribution in [1.29, 1.82) is 0 Å². The van der Waals surface area contributed by atoms with Gasteiger partial charge in [0, 0.05) is 0 Å². The number of aliphatic hydroxyl groups excluding tert-OH is 1. The molecule has 0 spiro atoms. The van der Waals surface area contributed by atoms with Crippen LogP contribution < -0.4 is 0 Å². The van der Waals surface area contributed by atoms with Crippen LogP contribution >= 0.6 is 0 Å². The van der Waals surface area contributed by atoms with E-state index < -0.39 is 18.3 Å². The first-order valence-corrected chi connectivity index (χ1v) is 16.9. The summed E-state index contributed by atoms with van der Waals surface area (Å²) < 4.78 is 26.3. The number of hydrogen-bond donors (Lipinski definition) is 1. The highest BCUT2D eigenvalue weighted by atomic mass is 16.6. The van der Waals surface area contributed by atoms with Gasteiger partial charge >= 0.3 is 0 Å². The molecule has 8 rings (SSSR count). The topological polar surface area (TPSA) is 57.2 Å². The molecule has 4 saturated carbocycles. The molecule has 1 aliphatic heterocycles. The molecule has 4 aliphatic carbocycles. The molecule has 44 heavy (non-hydrogen) atoms. The molecule has 0 radical (unpaired) electrons. The predicted octanol–water partition coefficient (Wildman–Crippen LogP) is 7.50. The summed E-state index contributed by atoms with van der Waals surface area (Å²) in [5.41, 5.74) is 3.71. The summed E-state index contributed by atoms with van der Waals surface area (Å²) >= 11 is 0. The van der Waals surface area contributed by atoms with Crippen LogP contribution in [0.25, 0.3) is 0 Å². The van der Waals surface area contributed by atoms with E-state index >= 15 is 0 Å². The van der Waals surface area contributed by atoms with E-state index in [-0.39, 0.29) is 12.2 Å². The standard InChI is InChI=1S/C39H48O5/c40-36-34(16-17-39-21-31-18-32(22-39)20-33(19-31)23-39)44-35(27-41-24-28-10-4-1-5-11-28)37(42-25-29-12-6-2-7-13-29)38(36)43-26-30-14-8-3-9-15-30/h1-15,31-38,40H,16-27H2/t31?,32?,33?,34-,35+,36-,37+,38+,39?/m0/s1. The van der Waals surface area contributed by atoms with Gasteiger partial charge in [0.2, 0.25) is 0 Å². The smallest absolute Gasteiger partial charge is 0.115 e. The fraction of sp³-hybridized carbons (Fsp3) is 0.538. The summed E-state index contributed by atoms with van der Waals surface area (Å²) in [4.78, 5) is 0. The molecule has 3 aromatic rings. The molecule has 5 atom stereocenters. The Bertz CT molecular complexity index is 1260. The zero-order chi connectivity index (χ0) is 29.8. The average molecular weight is 597 g/mol. The zero-order valence-corrected chi connectivity index (χ0v) is 25.8. The highest BCUT2D eigenvalue weighted by Gasteiger charge is 2.52. The van der Waals surface area contributed by atoms with Gasteiger partial charge in [0.05, 0.1) is 32.5 Å². The summed E-state index contributed by atoms with van der Waals surface area (Å²) in [5, 5.41) is 11.9. The minimum Gasteiger partial charge on any atom is -0.388 e. The molecule has 4 bridgehead atoms. The Kier molecular flexibility index (Phi) is 9.48. The Labute approximate surface area is 262 Å². The molecule has 0 aromatic heterocycles. The van der Waals surface area contributed by atoms with Gasteiger partial charge in [-0.05, 0) is 91.2 Å². The van der Waals surface area contributed by atoms with Crippen LogP contribution in [0.5, 0.6) is 0 Å². The molecular weight excluding hydrogens is 548 g/mol. The molecule has 0 amide bonds. The molecule has 0 unspecified atom stereocenters. The second kappa shape index (κ2) is 13.8. The first-order chi connectivity index (χ1) is 21.6. The van der Waals surface area contributed by atoms with Gasteiger partial charge in [-0.1, -0.05) is 91.0 Å². The van der Waals surface area contributed by atoms with Crippen LogP contribution in [-0.4, -0.2) is 42.2 Å². The SMILES string of the molecule is O[C@@H]1[C@@H](OCc2ccccc2)[C@H](OCc2ccccc2)[C@@H](COCc2ccccc2)O[C@H]1CCC12CC3CC(CC(C3)C1)C2. The van der Waals surface area contributed by atoms with Crippen molar-refractivity contribution in [3.8, 4) is 0 Å². The van der Waals surface area contributed by atoms with Crippen molar-refractivity contribution in [2.45, 2.75) is 102 Å². The normalized spacial score (nSPS) is 34.3. The summed E-state index contributed by atoms with van der Waals surface area (Å²) in [5.74, 6) is 2.74. The van der Waals surface area contributed by atoms with Crippen molar-refractivity contribution in [3.63, 3.8) is 0 Å². The third kappa shape index (κ3) is 7.13. The number of aliphatic hydroxyl groups is 1. The maximum absolute atomic E-state index is 11.9. The number of rotatable bonds is 13. The highest BCUT2D eigenvalue weighted by molar-refractivity contribution is 5.15. The van der Waals surface area contributed by atoms with Crippen molar-refractivity contribution >= 4 is 0 Å². The quantitative estimate of drug-likeness (QED) is 0.222. The van der Waals surface area contributed by atoms with Crippen LogP contribution in [0.4, 0.5) is 0 Å². The maximum atomic E-state index is 11.9. The van der Waals surface area contributed by atoms with E-state index in [4.69, 9.17) is 18.9 Å². The van der Waals surface area contributed by atoms with Crippen LogP contribution in [0.3, 0.4) is 0 Å². The van der Waals surface area contributed by atoms with Crippen LogP contribution in [-0.2, 0) is 38.8 Å². The van der Waals surface area contributed by atoms with E-state index in [1.54, 1.807) is 0 Å². The largest absolute Gasteiger partial charge is 0.388 e. The summed E-state index contributed by atoms with van der Waals surface area (Å²) in [6.45, 7) is 1.70. The Hall–Kier alpha value is -2.54. The van der Waals surface area contributed by atoms with E-state index in [9.17, 15) is 5.11 Å². The van der Waals surface area contributed by atoms with E-state index in [1.807, 2.05) is 54.6 Å². The van der Waals surface area contributed by atoms with E-state index in [0.717, 1.165) is 47.3 Å². The molecule has 5 heteroatoms. The Morgan fingerprint density at radius 1 is 0.614 bits per heavy atom. The second-order valence-electron chi connectivity index (χ2n) is 14.2. The van der Waals surface area contributed by atoms with E-state index in [2.05, 4.69) is 36.4 Å². The summed E-state index contributed by atoms with van der Waals surface area (Å²) in [6.07, 6.45) is 7.94. The molecule has 1 N–H and O–H groups in total. The fourth-order valence-corrected chi connectivity index (χ4v) is 9.21. The lowest BCUT2D eigenvalue weighted by atomic mass is 9.48. The summed E-state index contributed by atoms with van der Waals surface area (Å²) in [7, 11) is 0. The van der Waals surface area contributed by atoms with Gasteiger partial charge in [-0.25, -0.2) is 0 Å². The number of hydrogen-bond acceptors (Lipinski definition) is 5. The first-order valence-electron chi connectivity index (χ1n) is 16.9. The minimum absolute atomic E-state index is 0.314. The Morgan fingerprint density at radius 3 is 1.61 bits per heavy atom. The van der Waals surface area contributed by atoms with Gasteiger partial charge < -0.3 is 24.1 Å². The fourth-order valence-electron chi connectivity index (χ4n) is 9.21. The second-order valence-corrected chi connectivity index (χ2v) is 14.2. The molecule has 3 aromatic carbocycles. The number of benzene rings is 3. The van der Waals surface area contributed by atoms with Gasteiger partial charge in [0.1, 0.15) is 24.4 Å². The van der Waals surface area contributed by atoms with Crippen LogP contribution in [0, 0.1) is 23.2 Å². The lowest BCUT2D eigenvalue weighted by molar-refractivity contribution is -0.263. The first kappa shape index (κ1) is 30.1. The molecule has 5 nitrogen and oxygen atoms in total. The Balaban J connectivity index is 1.09. The van der Waals surface area contributed by atoms with Gasteiger partial charge in [-0.3, -0.25) is 0 Å². The maximum Gasteiger partial charge on any atom is 0.115 e. The van der Waals surface area contributed by atoms with Gasteiger partial charge in [0.15, 0.2) is 0 Å². The third-order valence-electron chi connectivity index (χ3n) is 10.8. The minimum atomic E-state index is -0.779. The average Bonchev–Trinajstić information content (AvgIpc) is 3.04. The molecule has 234 valence electrons. The molecular formula is C39H48O5. The Morgan fingerprint density at radius 2 is 1.09 bits per heavy atom. The van der Waals surface area contributed by atoms with Crippen LogP contribution in [0.2, 0.25) is 0 Å². The lowest BCUT2D eigenvalue weighted by Gasteiger charge is -2.57. The van der Waals surface area contributed by atoms with E-state index in [0.29, 0.717) is 31.8 Å². The van der Waals surface area contributed by atoms with Crippen molar-refractivity contribution in [1.82, 2.24) is 0 Å².